The molecule has 3 heterocycles. The van der Waals surface area contributed by atoms with Gasteiger partial charge in [0.2, 0.25) is 11.8 Å². The molecule has 0 aliphatic carbocycles. The molecule has 6 heteroatoms. The fourth-order valence-electron chi connectivity index (χ4n) is 4.81. The first-order valence-corrected chi connectivity index (χ1v) is 12.1. The SMILES string of the molecule is O=C1CCCc2ccc(OCCCCN3CCN(c4cccc5ccccc45)CC3)nc2N1. The number of anilines is 2. The molecular formula is C27H32N4O2. The lowest BCUT2D eigenvalue weighted by Crippen LogP contribution is -2.46. The number of carbonyl (C=O) groups is 1. The van der Waals surface area contributed by atoms with Crippen molar-refractivity contribution in [1.29, 1.82) is 0 Å². The van der Waals surface area contributed by atoms with Gasteiger partial charge in [0.1, 0.15) is 5.82 Å². The van der Waals surface area contributed by atoms with Crippen molar-refractivity contribution in [3.8, 4) is 5.88 Å². The number of pyridine rings is 1. The van der Waals surface area contributed by atoms with Gasteiger partial charge in [-0.05, 0) is 55.3 Å². The molecule has 1 aromatic heterocycles. The number of rotatable bonds is 7. The van der Waals surface area contributed by atoms with E-state index in [9.17, 15) is 4.79 Å². The highest BCUT2D eigenvalue weighted by Gasteiger charge is 2.18. The second-order valence-corrected chi connectivity index (χ2v) is 8.94. The number of piperazine rings is 1. The molecule has 33 heavy (non-hydrogen) atoms. The standard InChI is InChI=1S/C27H32N4O2/c32-25-12-6-9-22-13-14-26(29-27(22)28-25)33-20-4-3-15-30-16-18-31(19-17-30)24-11-5-8-21-7-1-2-10-23(21)24/h1-2,5,7-8,10-11,13-14H,3-4,6,9,12,15-20H2,(H,28,29,32). The van der Waals surface area contributed by atoms with Crippen LogP contribution in [0.15, 0.2) is 54.6 Å². The third-order valence-electron chi connectivity index (χ3n) is 6.66. The molecule has 1 amide bonds. The van der Waals surface area contributed by atoms with E-state index in [1.165, 1.54) is 16.5 Å². The van der Waals surface area contributed by atoms with Crippen molar-refractivity contribution >= 4 is 28.2 Å². The maximum atomic E-state index is 11.8. The van der Waals surface area contributed by atoms with Gasteiger partial charge in [0.05, 0.1) is 6.61 Å². The molecular weight excluding hydrogens is 412 g/mol. The number of fused-ring (bicyclic) bond motifs is 2. The summed E-state index contributed by atoms with van der Waals surface area (Å²) in [7, 11) is 0. The zero-order valence-corrected chi connectivity index (χ0v) is 19.1. The quantitative estimate of drug-likeness (QED) is 0.544. The molecule has 172 valence electrons. The Bertz CT molecular complexity index is 1100. The van der Waals surface area contributed by atoms with E-state index in [4.69, 9.17) is 4.74 Å². The van der Waals surface area contributed by atoms with E-state index in [1.807, 2.05) is 12.1 Å². The van der Waals surface area contributed by atoms with Crippen LogP contribution in [0.3, 0.4) is 0 Å². The first-order chi connectivity index (χ1) is 16.3. The Balaban J connectivity index is 1.04. The number of hydrogen-bond acceptors (Lipinski definition) is 5. The topological polar surface area (TPSA) is 57.7 Å². The molecule has 0 radical (unpaired) electrons. The molecule has 1 saturated heterocycles. The number of ether oxygens (including phenoxy) is 1. The minimum Gasteiger partial charge on any atom is -0.478 e. The van der Waals surface area contributed by atoms with E-state index < -0.39 is 0 Å². The van der Waals surface area contributed by atoms with Gasteiger partial charge in [-0.15, -0.1) is 0 Å². The predicted molar refractivity (Wildman–Crippen MR) is 133 cm³/mol. The second kappa shape index (κ2) is 10.2. The van der Waals surface area contributed by atoms with E-state index in [1.54, 1.807) is 0 Å². The molecule has 3 aromatic rings. The molecule has 5 rings (SSSR count). The van der Waals surface area contributed by atoms with Gasteiger partial charge in [0.25, 0.3) is 0 Å². The van der Waals surface area contributed by atoms with Crippen molar-refractivity contribution in [1.82, 2.24) is 9.88 Å². The molecule has 0 bridgehead atoms. The summed E-state index contributed by atoms with van der Waals surface area (Å²) in [5.74, 6) is 1.30. The number of benzene rings is 2. The number of hydrogen-bond donors (Lipinski definition) is 1. The lowest BCUT2D eigenvalue weighted by atomic mass is 10.1. The summed E-state index contributed by atoms with van der Waals surface area (Å²) in [6.45, 7) is 6.06. The molecule has 2 aliphatic heterocycles. The molecule has 0 saturated carbocycles. The molecule has 1 N–H and O–H groups in total. The van der Waals surface area contributed by atoms with E-state index >= 15 is 0 Å². The highest BCUT2D eigenvalue weighted by molar-refractivity contribution is 5.94. The molecule has 0 unspecified atom stereocenters. The maximum absolute atomic E-state index is 11.8. The van der Waals surface area contributed by atoms with Gasteiger partial charge >= 0.3 is 0 Å². The molecule has 6 nitrogen and oxygen atoms in total. The monoisotopic (exact) mass is 444 g/mol. The number of aryl methyl sites for hydroxylation is 1. The van der Waals surface area contributed by atoms with Crippen molar-refractivity contribution in [2.75, 3.05) is 49.5 Å². The number of unbranched alkanes of at least 4 members (excludes halogenated alkanes) is 1. The van der Waals surface area contributed by atoms with Crippen LogP contribution in [0.5, 0.6) is 5.88 Å². The van der Waals surface area contributed by atoms with Crippen LogP contribution in [-0.4, -0.2) is 55.1 Å². The van der Waals surface area contributed by atoms with Gasteiger partial charge < -0.3 is 15.0 Å². The van der Waals surface area contributed by atoms with E-state index in [-0.39, 0.29) is 5.91 Å². The Hall–Kier alpha value is -3.12. The van der Waals surface area contributed by atoms with Crippen molar-refractivity contribution < 1.29 is 9.53 Å². The first-order valence-electron chi connectivity index (χ1n) is 12.1. The number of nitrogens with one attached hydrogen (secondary N) is 1. The van der Waals surface area contributed by atoms with Crippen LogP contribution >= 0.6 is 0 Å². The number of carbonyl (C=O) groups excluding carboxylic acids is 1. The first kappa shape index (κ1) is 21.7. The fraction of sp³-hybridized carbons (Fsp3) is 0.407. The smallest absolute Gasteiger partial charge is 0.225 e. The Morgan fingerprint density at radius 1 is 0.909 bits per heavy atom. The third-order valence-corrected chi connectivity index (χ3v) is 6.66. The normalized spacial score (nSPS) is 16.8. The summed E-state index contributed by atoms with van der Waals surface area (Å²) in [6, 6.07) is 19.2. The summed E-state index contributed by atoms with van der Waals surface area (Å²) in [5, 5.41) is 5.54. The third kappa shape index (κ3) is 5.28. The lowest BCUT2D eigenvalue weighted by Gasteiger charge is -2.36. The van der Waals surface area contributed by atoms with Crippen LogP contribution in [0, 0.1) is 0 Å². The lowest BCUT2D eigenvalue weighted by molar-refractivity contribution is -0.116. The van der Waals surface area contributed by atoms with Crippen molar-refractivity contribution in [3.05, 3.63) is 60.2 Å². The molecule has 1 fully saturated rings. The predicted octanol–water partition coefficient (Wildman–Crippen LogP) is 4.49. The van der Waals surface area contributed by atoms with Crippen molar-refractivity contribution in [3.63, 3.8) is 0 Å². The van der Waals surface area contributed by atoms with Crippen LogP contribution < -0.4 is 15.0 Å². The van der Waals surface area contributed by atoms with Crippen LogP contribution in [0.1, 0.15) is 31.2 Å². The van der Waals surface area contributed by atoms with Gasteiger partial charge in [-0.25, -0.2) is 0 Å². The molecule has 0 spiro atoms. The Labute approximate surface area is 195 Å². The molecule has 0 atom stereocenters. The summed E-state index contributed by atoms with van der Waals surface area (Å²) < 4.78 is 5.86. The van der Waals surface area contributed by atoms with E-state index in [0.29, 0.717) is 24.7 Å². The summed E-state index contributed by atoms with van der Waals surface area (Å²) in [4.78, 5) is 21.3. The van der Waals surface area contributed by atoms with Gasteiger partial charge in [-0.3, -0.25) is 9.69 Å². The average Bonchev–Trinajstić information content (AvgIpc) is 3.04. The summed E-state index contributed by atoms with van der Waals surface area (Å²) in [5.41, 5.74) is 2.45. The van der Waals surface area contributed by atoms with Gasteiger partial charge in [0.15, 0.2) is 0 Å². The minimum absolute atomic E-state index is 0.0407. The number of nitrogens with zero attached hydrogens (tertiary/aromatic N) is 3. The van der Waals surface area contributed by atoms with Crippen LogP contribution in [0.25, 0.3) is 10.8 Å². The fourth-order valence-corrected chi connectivity index (χ4v) is 4.81. The zero-order valence-electron chi connectivity index (χ0n) is 19.1. The van der Waals surface area contributed by atoms with Crippen LogP contribution in [0.4, 0.5) is 11.5 Å². The molecule has 2 aliphatic rings. The average molecular weight is 445 g/mol. The van der Waals surface area contributed by atoms with Crippen molar-refractivity contribution in [2.24, 2.45) is 0 Å². The number of amides is 1. The Morgan fingerprint density at radius 3 is 2.67 bits per heavy atom. The second-order valence-electron chi connectivity index (χ2n) is 8.94. The summed E-state index contributed by atoms with van der Waals surface area (Å²) >= 11 is 0. The largest absolute Gasteiger partial charge is 0.478 e. The Kier molecular flexibility index (Phi) is 6.72. The van der Waals surface area contributed by atoms with Gasteiger partial charge in [-0.1, -0.05) is 36.4 Å². The van der Waals surface area contributed by atoms with Crippen molar-refractivity contribution in [2.45, 2.75) is 32.1 Å². The Morgan fingerprint density at radius 2 is 1.76 bits per heavy atom. The summed E-state index contributed by atoms with van der Waals surface area (Å²) in [6.07, 6.45) is 4.42. The van der Waals surface area contributed by atoms with E-state index in [2.05, 4.69) is 62.6 Å². The van der Waals surface area contributed by atoms with Crippen LogP contribution in [0.2, 0.25) is 0 Å². The minimum atomic E-state index is 0.0407. The van der Waals surface area contributed by atoms with E-state index in [0.717, 1.165) is 64.0 Å². The number of aromatic nitrogens is 1. The van der Waals surface area contributed by atoms with Gasteiger partial charge in [-0.2, -0.15) is 4.98 Å². The highest BCUT2D eigenvalue weighted by atomic mass is 16.5. The zero-order chi connectivity index (χ0) is 22.5. The van der Waals surface area contributed by atoms with Crippen LogP contribution in [-0.2, 0) is 11.2 Å². The maximum Gasteiger partial charge on any atom is 0.225 e. The van der Waals surface area contributed by atoms with Gasteiger partial charge in [0, 0.05) is 49.7 Å². The molecule has 2 aromatic carbocycles. The highest BCUT2D eigenvalue weighted by Crippen LogP contribution is 2.27.